The molecule has 0 heterocycles. The Bertz CT molecular complexity index is 497. The van der Waals surface area contributed by atoms with Crippen LogP contribution in [0, 0.1) is 17.6 Å². The van der Waals surface area contributed by atoms with Gasteiger partial charge in [0.1, 0.15) is 11.6 Å². The number of nitrogens with two attached hydrogens (primary N) is 1. The van der Waals surface area contributed by atoms with E-state index in [1.807, 2.05) is 6.92 Å². The quantitative estimate of drug-likeness (QED) is 0.897. The molecule has 5 heteroatoms. The van der Waals surface area contributed by atoms with Crippen LogP contribution >= 0.6 is 0 Å². The fraction of sp³-hybridized carbons (Fsp3) is 0.562. The van der Waals surface area contributed by atoms with Crippen LogP contribution in [0.5, 0.6) is 0 Å². The van der Waals surface area contributed by atoms with E-state index in [1.165, 1.54) is 18.2 Å². The van der Waals surface area contributed by atoms with E-state index in [2.05, 4.69) is 5.32 Å². The third-order valence-electron chi connectivity index (χ3n) is 4.31. The number of carbonyl (C=O) groups is 1. The Morgan fingerprint density at radius 2 is 2.05 bits per heavy atom. The summed E-state index contributed by atoms with van der Waals surface area (Å²) in [5.74, 6) is -1.50. The van der Waals surface area contributed by atoms with Gasteiger partial charge in [0.2, 0.25) is 5.91 Å². The van der Waals surface area contributed by atoms with Gasteiger partial charge in [-0.1, -0.05) is 18.9 Å². The van der Waals surface area contributed by atoms with Crippen molar-refractivity contribution in [3.8, 4) is 0 Å². The number of benzene rings is 1. The van der Waals surface area contributed by atoms with Crippen LogP contribution in [-0.4, -0.2) is 18.0 Å². The average molecular weight is 296 g/mol. The molecule has 0 aliphatic heterocycles. The summed E-state index contributed by atoms with van der Waals surface area (Å²) in [6.07, 6.45) is 3.77. The van der Waals surface area contributed by atoms with Crippen molar-refractivity contribution in [2.24, 2.45) is 11.7 Å². The van der Waals surface area contributed by atoms with E-state index in [4.69, 9.17) is 5.73 Å². The maximum absolute atomic E-state index is 13.5. The molecule has 1 saturated carbocycles. The molecule has 0 saturated heterocycles. The molecule has 1 aromatic rings. The molecule has 0 bridgehead atoms. The maximum atomic E-state index is 13.5. The second kappa shape index (κ2) is 6.52. The molecule has 3 N–H and O–H groups in total. The van der Waals surface area contributed by atoms with E-state index >= 15 is 0 Å². The third kappa shape index (κ3) is 3.79. The molecule has 2 rings (SSSR count). The summed E-state index contributed by atoms with van der Waals surface area (Å²) in [5, 5.41) is 2.76. The first-order valence-electron chi connectivity index (χ1n) is 7.41. The van der Waals surface area contributed by atoms with Gasteiger partial charge in [0, 0.05) is 17.6 Å². The van der Waals surface area contributed by atoms with Gasteiger partial charge in [-0.15, -0.1) is 0 Å². The van der Waals surface area contributed by atoms with Crippen molar-refractivity contribution in [3.05, 3.63) is 35.4 Å². The highest BCUT2D eigenvalue weighted by molar-refractivity contribution is 5.80. The highest BCUT2D eigenvalue weighted by Crippen LogP contribution is 2.31. The van der Waals surface area contributed by atoms with Crippen LogP contribution in [0.3, 0.4) is 0 Å². The molecule has 0 aromatic heterocycles. The van der Waals surface area contributed by atoms with Crippen LogP contribution in [0.25, 0.3) is 0 Å². The predicted molar refractivity (Wildman–Crippen MR) is 77.6 cm³/mol. The minimum absolute atomic E-state index is 0.0111. The van der Waals surface area contributed by atoms with Crippen molar-refractivity contribution in [2.45, 2.75) is 44.6 Å². The van der Waals surface area contributed by atoms with Gasteiger partial charge >= 0.3 is 0 Å². The Balaban J connectivity index is 1.90. The van der Waals surface area contributed by atoms with Gasteiger partial charge in [-0.05, 0) is 38.3 Å². The van der Waals surface area contributed by atoms with Crippen LogP contribution in [0.1, 0.15) is 38.2 Å². The first kappa shape index (κ1) is 15.9. The summed E-state index contributed by atoms with van der Waals surface area (Å²) in [6, 6.07) is 3.77. The monoisotopic (exact) mass is 296 g/mol. The van der Waals surface area contributed by atoms with Crippen molar-refractivity contribution >= 4 is 5.91 Å². The molecule has 1 aliphatic rings. The first-order valence-corrected chi connectivity index (χ1v) is 7.41. The van der Waals surface area contributed by atoms with Gasteiger partial charge in [-0.25, -0.2) is 8.78 Å². The van der Waals surface area contributed by atoms with Crippen molar-refractivity contribution < 1.29 is 13.6 Å². The second-order valence-corrected chi connectivity index (χ2v) is 6.05. The molecule has 1 aliphatic carbocycles. The smallest absolute Gasteiger partial charge is 0.224 e. The van der Waals surface area contributed by atoms with Gasteiger partial charge in [-0.3, -0.25) is 4.79 Å². The van der Waals surface area contributed by atoms with E-state index in [-0.39, 0.29) is 30.4 Å². The summed E-state index contributed by atoms with van der Waals surface area (Å²) in [7, 11) is 0. The van der Waals surface area contributed by atoms with Crippen molar-refractivity contribution in [2.75, 3.05) is 6.54 Å². The molecule has 0 radical (unpaired) electrons. The highest BCUT2D eigenvalue weighted by atomic mass is 19.1. The first-order chi connectivity index (χ1) is 9.92. The van der Waals surface area contributed by atoms with E-state index in [1.54, 1.807) is 0 Å². The number of carbonyl (C=O) groups excluding carboxylic acids is 1. The minimum Gasteiger partial charge on any atom is -0.355 e. The van der Waals surface area contributed by atoms with Gasteiger partial charge in [0.25, 0.3) is 0 Å². The maximum Gasteiger partial charge on any atom is 0.224 e. The predicted octanol–water partition coefficient (Wildman–Crippen LogP) is 2.53. The van der Waals surface area contributed by atoms with Gasteiger partial charge in [0.15, 0.2) is 0 Å². The Kier molecular flexibility index (Phi) is 4.93. The summed E-state index contributed by atoms with van der Waals surface area (Å²) in [4.78, 5) is 12.2. The topological polar surface area (TPSA) is 55.1 Å². The van der Waals surface area contributed by atoms with Crippen molar-refractivity contribution in [1.29, 1.82) is 0 Å². The molecule has 1 fully saturated rings. The normalized spacial score (nSPS) is 25.6. The molecular formula is C16H22F2N2O. The number of hydrogen-bond donors (Lipinski definition) is 2. The highest BCUT2D eigenvalue weighted by Gasteiger charge is 2.37. The fourth-order valence-electron chi connectivity index (χ4n) is 2.99. The van der Waals surface area contributed by atoms with Gasteiger partial charge < -0.3 is 11.1 Å². The minimum atomic E-state index is -0.578. The molecule has 21 heavy (non-hydrogen) atoms. The molecule has 116 valence electrons. The summed E-state index contributed by atoms with van der Waals surface area (Å²) in [5.41, 5.74) is 5.69. The number of nitrogens with one attached hydrogen (secondary N) is 1. The molecule has 1 aromatic carbocycles. The zero-order valence-electron chi connectivity index (χ0n) is 12.3. The number of halogens is 2. The Morgan fingerprint density at radius 1 is 1.38 bits per heavy atom. The van der Waals surface area contributed by atoms with Crippen molar-refractivity contribution in [3.63, 3.8) is 0 Å². The van der Waals surface area contributed by atoms with Crippen molar-refractivity contribution in [1.82, 2.24) is 5.32 Å². The average Bonchev–Trinajstić information content (AvgIpc) is 2.41. The second-order valence-electron chi connectivity index (χ2n) is 6.05. The van der Waals surface area contributed by atoms with Crippen LogP contribution in [0.4, 0.5) is 8.78 Å². The lowest BCUT2D eigenvalue weighted by atomic mass is 9.74. The lowest BCUT2D eigenvalue weighted by Gasteiger charge is -2.37. The molecule has 0 spiro atoms. The van der Waals surface area contributed by atoms with E-state index in [9.17, 15) is 13.6 Å². The largest absolute Gasteiger partial charge is 0.355 e. The summed E-state index contributed by atoms with van der Waals surface area (Å²) in [6.45, 7) is 2.11. The SMILES string of the molecule is CC1(N)CCCCC1C(=O)NCCc1c(F)cccc1F. The van der Waals surface area contributed by atoms with Crippen LogP contribution in [-0.2, 0) is 11.2 Å². The van der Waals surface area contributed by atoms with Crippen LogP contribution in [0.2, 0.25) is 0 Å². The molecule has 2 unspecified atom stereocenters. The summed E-state index contributed by atoms with van der Waals surface area (Å²) >= 11 is 0. The number of hydrogen-bond acceptors (Lipinski definition) is 2. The number of rotatable bonds is 4. The zero-order valence-corrected chi connectivity index (χ0v) is 12.3. The fourth-order valence-corrected chi connectivity index (χ4v) is 2.99. The lowest BCUT2D eigenvalue weighted by molar-refractivity contribution is -0.128. The molecular weight excluding hydrogens is 274 g/mol. The van der Waals surface area contributed by atoms with E-state index in [0.717, 1.165) is 25.7 Å². The summed E-state index contributed by atoms with van der Waals surface area (Å²) < 4.78 is 27.0. The lowest BCUT2D eigenvalue weighted by Crippen LogP contribution is -2.53. The zero-order chi connectivity index (χ0) is 15.5. The third-order valence-corrected chi connectivity index (χ3v) is 4.31. The molecule has 2 atom stereocenters. The van der Waals surface area contributed by atoms with Gasteiger partial charge in [-0.2, -0.15) is 0 Å². The number of amides is 1. The molecule has 1 amide bonds. The standard InChI is InChI=1S/C16H22F2N2O/c1-16(19)9-3-2-5-12(16)15(21)20-10-8-11-13(17)6-4-7-14(11)18/h4,6-7,12H,2-3,5,8-10,19H2,1H3,(H,20,21). The van der Waals surface area contributed by atoms with Gasteiger partial charge in [0.05, 0.1) is 5.92 Å². The Morgan fingerprint density at radius 3 is 2.67 bits per heavy atom. The van der Waals surface area contributed by atoms with Crippen LogP contribution < -0.4 is 11.1 Å². The van der Waals surface area contributed by atoms with E-state index < -0.39 is 17.2 Å². The Labute approximate surface area is 123 Å². The van der Waals surface area contributed by atoms with Crippen LogP contribution in [0.15, 0.2) is 18.2 Å². The Hall–Kier alpha value is -1.49. The van der Waals surface area contributed by atoms with E-state index in [0.29, 0.717) is 0 Å². The molecule has 3 nitrogen and oxygen atoms in total.